The zero-order chi connectivity index (χ0) is 21.8. The fraction of sp³-hybridized carbons (Fsp3) is 0.143. The summed E-state index contributed by atoms with van der Waals surface area (Å²) in [6.07, 6.45) is 1.42. The van der Waals surface area contributed by atoms with Gasteiger partial charge in [-0.15, -0.1) is 0 Å². The van der Waals surface area contributed by atoms with Crippen molar-refractivity contribution >= 4 is 11.9 Å². The second kappa shape index (κ2) is 8.48. The van der Waals surface area contributed by atoms with Gasteiger partial charge < -0.3 is 34.5 Å². The van der Waals surface area contributed by atoms with Gasteiger partial charge in [-0.3, -0.25) is 0 Å². The first-order chi connectivity index (χ1) is 14.2. The zero-order valence-electron chi connectivity index (χ0n) is 15.9. The van der Waals surface area contributed by atoms with Gasteiger partial charge in [0.2, 0.25) is 0 Å². The van der Waals surface area contributed by atoms with Gasteiger partial charge in [0.15, 0.2) is 23.0 Å². The lowest BCUT2D eigenvalue weighted by Gasteiger charge is -2.06. The molecule has 4 N–H and O–H groups in total. The van der Waals surface area contributed by atoms with E-state index < -0.39 is 11.9 Å². The number of esters is 2. The number of benzene rings is 2. The first kappa shape index (κ1) is 20.6. The number of nitrogens with zero attached hydrogens (tertiary/aromatic N) is 1. The van der Waals surface area contributed by atoms with E-state index in [-0.39, 0.29) is 47.5 Å². The molecule has 0 spiro atoms. The Hall–Kier alpha value is -4.14. The smallest absolute Gasteiger partial charge is 0.355 e. The van der Waals surface area contributed by atoms with Crippen LogP contribution in [0.4, 0.5) is 0 Å². The highest BCUT2D eigenvalue weighted by Gasteiger charge is 2.18. The minimum Gasteiger partial charge on any atom is -0.504 e. The highest BCUT2D eigenvalue weighted by atomic mass is 16.5. The lowest BCUT2D eigenvalue weighted by Crippen LogP contribution is -2.09. The number of hydrogen-bond acceptors (Lipinski definition) is 8. The lowest BCUT2D eigenvalue weighted by atomic mass is 10.2. The molecule has 0 aliphatic carbocycles. The van der Waals surface area contributed by atoms with Gasteiger partial charge in [-0.05, 0) is 41.5 Å². The van der Waals surface area contributed by atoms with Crippen molar-refractivity contribution in [1.29, 1.82) is 0 Å². The summed E-state index contributed by atoms with van der Waals surface area (Å²) in [7, 11) is 1.57. The molecule has 0 fully saturated rings. The third-order valence-electron chi connectivity index (χ3n) is 4.27. The summed E-state index contributed by atoms with van der Waals surface area (Å²) in [5.74, 6) is -2.57. The molecular weight excluding hydrogens is 394 g/mol. The first-order valence-corrected chi connectivity index (χ1v) is 8.77. The van der Waals surface area contributed by atoms with Crippen molar-refractivity contribution in [2.75, 3.05) is 0 Å². The summed E-state index contributed by atoms with van der Waals surface area (Å²) in [6.45, 7) is -0.270. The number of phenolic OH excluding ortho intramolecular Hbond substituents is 4. The number of ether oxygens (including phenoxy) is 2. The predicted molar refractivity (Wildman–Crippen MR) is 103 cm³/mol. The Labute approximate surface area is 171 Å². The fourth-order valence-electron chi connectivity index (χ4n) is 2.65. The van der Waals surface area contributed by atoms with Crippen molar-refractivity contribution < 1.29 is 39.5 Å². The molecule has 1 heterocycles. The maximum absolute atomic E-state index is 12.3. The Balaban J connectivity index is 1.61. The van der Waals surface area contributed by atoms with Crippen molar-refractivity contribution in [3.05, 3.63) is 71.0 Å². The van der Waals surface area contributed by atoms with Crippen molar-refractivity contribution in [2.24, 2.45) is 7.05 Å². The van der Waals surface area contributed by atoms with Gasteiger partial charge in [0, 0.05) is 13.2 Å². The van der Waals surface area contributed by atoms with Crippen LogP contribution < -0.4 is 0 Å². The summed E-state index contributed by atoms with van der Waals surface area (Å²) in [6, 6.07) is 9.43. The molecule has 0 atom stereocenters. The van der Waals surface area contributed by atoms with Crippen LogP contribution in [0.2, 0.25) is 0 Å². The zero-order valence-corrected chi connectivity index (χ0v) is 15.9. The van der Waals surface area contributed by atoms with Gasteiger partial charge in [0.05, 0.1) is 5.56 Å². The Morgan fingerprint density at radius 2 is 1.27 bits per heavy atom. The molecule has 0 saturated carbocycles. The third kappa shape index (κ3) is 4.64. The minimum absolute atomic E-state index is 0.118. The normalized spacial score (nSPS) is 10.6. The van der Waals surface area contributed by atoms with E-state index in [1.54, 1.807) is 7.05 Å². The molecule has 0 radical (unpaired) electrons. The molecule has 9 heteroatoms. The van der Waals surface area contributed by atoms with E-state index >= 15 is 0 Å². The Kier molecular flexibility index (Phi) is 5.82. The van der Waals surface area contributed by atoms with Crippen LogP contribution >= 0.6 is 0 Å². The van der Waals surface area contributed by atoms with Crippen LogP contribution in [0.1, 0.15) is 32.0 Å². The number of aromatic hydroxyl groups is 4. The SMILES string of the molecule is Cn1cc(C(=O)OCc2ccc(O)c(O)c2)cc1C(=O)OCc1ccc(O)c(O)c1. The van der Waals surface area contributed by atoms with E-state index in [2.05, 4.69) is 0 Å². The number of hydrogen-bond donors (Lipinski definition) is 4. The average molecular weight is 413 g/mol. The van der Waals surface area contributed by atoms with E-state index in [1.165, 1.54) is 53.2 Å². The maximum atomic E-state index is 12.3. The fourth-order valence-corrected chi connectivity index (χ4v) is 2.65. The molecule has 9 nitrogen and oxygen atoms in total. The molecule has 156 valence electrons. The van der Waals surface area contributed by atoms with Crippen molar-refractivity contribution in [3.8, 4) is 23.0 Å². The Bertz CT molecular complexity index is 1100. The summed E-state index contributed by atoms with van der Waals surface area (Å²) in [4.78, 5) is 24.6. The van der Waals surface area contributed by atoms with Crippen LogP contribution in [-0.4, -0.2) is 36.9 Å². The molecule has 0 amide bonds. The van der Waals surface area contributed by atoms with E-state index in [0.717, 1.165) is 0 Å². The molecule has 0 bridgehead atoms. The summed E-state index contributed by atoms with van der Waals surface area (Å²) in [5.41, 5.74) is 1.21. The van der Waals surface area contributed by atoms with Crippen LogP contribution in [-0.2, 0) is 29.7 Å². The van der Waals surface area contributed by atoms with Crippen LogP contribution in [0.25, 0.3) is 0 Å². The maximum Gasteiger partial charge on any atom is 0.355 e. The molecule has 30 heavy (non-hydrogen) atoms. The standard InChI is InChI=1S/C21H19NO8/c1-22-9-14(20(27)29-10-12-2-4-16(23)18(25)6-12)8-15(22)21(28)30-11-13-3-5-17(24)19(26)7-13/h2-9,23-26H,10-11H2,1H3. The first-order valence-electron chi connectivity index (χ1n) is 8.77. The Morgan fingerprint density at radius 1 is 0.767 bits per heavy atom. The molecular formula is C21H19NO8. The summed E-state index contributed by atoms with van der Waals surface area (Å²) in [5, 5.41) is 37.6. The molecule has 3 aromatic rings. The predicted octanol–water partition coefficient (Wildman–Crippen LogP) is 2.56. The molecule has 0 aliphatic rings. The van der Waals surface area contributed by atoms with Crippen molar-refractivity contribution in [1.82, 2.24) is 4.57 Å². The number of carbonyl (C=O) groups is 2. The van der Waals surface area contributed by atoms with Crippen molar-refractivity contribution in [3.63, 3.8) is 0 Å². The van der Waals surface area contributed by atoms with E-state index in [0.29, 0.717) is 11.1 Å². The molecule has 3 rings (SSSR count). The highest BCUT2D eigenvalue weighted by molar-refractivity contribution is 5.95. The van der Waals surface area contributed by atoms with Gasteiger partial charge in [-0.1, -0.05) is 12.1 Å². The molecule has 0 saturated heterocycles. The average Bonchev–Trinajstić information content (AvgIpc) is 3.11. The summed E-state index contributed by atoms with van der Waals surface area (Å²) >= 11 is 0. The van der Waals surface area contributed by atoms with Gasteiger partial charge in [-0.25, -0.2) is 9.59 Å². The van der Waals surface area contributed by atoms with Gasteiger partial charge in [0.25, 0.3) is 0 Å². The number of carbonyl (C=O) groups excluding carboxylic acids is 2. The molecule has 2 aromatic carbocycles. The van der Waals surface area contributed by atoms with E-state index in [9.17, 15) is 30.0 Å². The van der Waals surface area contributed by atoms with Gasteiger partial charge in [0.1, 0.15) is 18.9 Å². The second-order valence-electron chi connectivity index (χ2n) is 6.52. The number of rotatable bonds is 6. The largest absolute Gasteiger partial charge is 0.504 e. The molecule has 0 unspecified atom stereocenters. The van der Waals surface area contributed by atoms with Crippen LogP contribution in [0.3, 0.4) is 0 Å². The summed E-state index contributed by atoms with van der Waals surface area (Å²) < 4.78 is 11.8. The van der Waals surface area contributed by atoms with Crippen molar-refractivity contribution in [2.45, 2.75) is 13.2 Å². The van der Waals surface area contributed by atoms with Crippen LogP contribution in [0, 0.1) is 0 Å². The number of aromatic nitrogens is 1. The number of aryl methyl sites for hydroxylation is 1. The second-order valence-corrected chi connectivity index (χ2v) is 6.52. The van der Waals surface area contributed by atoms with E-state index in [4.69, 9.17) is 9.47 Å². The van der Waals surface area contributed by atoms with Crippen LogP contribution in [0.15, 0.2) is 48.7 Å². The quantitative estimate of drug-likeness (QED) is 0.357. The Morgan fingerprint density at radius 3 is 1.77 bits per heavy atom. The lowest BCUT2D eigenvalue weighted by molar-refractivity contribution is 0.0460. The highest BCUT2D eigenvalue weighted by Crippen LogP contribution is 2.26. The number of phenols is 4. The van der Waals surface area contributed by atoms with Gasteiger partial charge in [-0.2, -0.15) is 0 Å². The monoisotopic (exact) mass is 413 g/mol. The molecule has 1 aromatic heterocycles. The third-order valence-corrected chi connectivity index (χ3v) is 4.27. The minimum atomic E-state index is -0.687. The molecule has 0 aliphatic heterocycles. The van der Waals surface area contributed by atoms with Crippen LogP contribution in [0.5, 0.6) is 23.0 Å². The topological polar surface area (TPSA) is 138 Å². The van der Waals surface area contributed by atoms with Gasteiger partial charge >= 0.3 is 11.9 Å². The van der Waals surface area contributed by atoms with E-state index in [1.807, 2.05) is 0 Å².